The molecule has 0 fully saturated rings. The molecule has 0 aliphatic heterocycles. The highest BCUT2D eigenvalue weighted by Crippen LogP contribution is 2.17. The van der Waals surface area contributed by atoms with E-state index in [9.17, 15) is 5.11 Å². The van der Waals surface area contributed by atoms with Crippen molar-refractivity contribution in [3.63, 3.8) is 0 Å². The predicted octanol–water partition coefficient (Wildman–Crippen LogP) is 4.32. The SMILES string of the molecule is CCNC(=NCC(CC)Cc1cccc(Br)c1)NCC(O)c1ccncc1.I. The minimum absolute atomic E-state index is 0. The summed E-state index contributed by atoms with van der Waals surface area (Å²) in [6.07, 6.45) is 4.84. The topological polar surface area (TPSA) is 69.5 Å². The third-order valence-corrected chi connectivity index (χ3v) is 4.89. The van der Waals surface area contributed by atoms with Crippen molar-refractivity contribution in [3.05, 3.63) is 64.4 Å². The van der Waals surface area contributed by atoms with Crippen molar-refractivity contribution in [3.8, 4) is 0 Å². The first-order chi connectivity index (χ1) is 13.1. The molecular weight excluding hydrogens is 531 g/mol. The van der Waals surface area contributed by atoms with Crippen molar-refractivity contribution in [1.82, 2.24) is 15.6 Å². The fraction of sp³-hybridized carbons (Fsp3) is 0.429. The van der Waals surface area contributed by atoms with Crippen LogP contribution in [0, 0.1) is 5.92 Å². The van der Waals surface area contributed by atoms with Crippen LogP contribution in [0.25, 0.3) is 0 Å². The number of nitrogens with zero attached hydrogens (tertiary/aromatic N) is 2. The smallest absolute Gasteiger partial charge is 0.191 e. The molecule has 2 rings (SSSR count). The summed E-state index contributed by atoms with van der Waals surface area (Å²) in [5, 5.41) is 16.8. The first-order valence-corrected chi connectivity index (χ1v) is 10.3. The van der Waals surface area contributed by atoms with Crippen LogP contribution in [0.2, 0.25) is 0 Å². The number of aliphatic imine (C=N–C) groups is 1. The van der Waals surface area contributed by atoms with Crippen molar-refractivity contribution >= 4 is 45.9 Å². The molecule has 0 aliphatic rings. The summed E-state index contributed by atoms with van der Waals surface area (Å²) >= 11 is 3.53. The monoisotopic (exact) mass is 560 g/mol. The highest BCUT2D eigenvalue weighted by Gasteiger charge is 2.10. The number of hydrogen-bond acceptors (Lipinski definition) is 3. The molecule has 5 nitrogen and oxygen atoms in total. The Bertz CT molecular complexity index is 715. The van der Waals surface area contributed by atoms with Gasteiger partial charge in [0.2, 0.25) is 0 Å². The van der Waals surface area contributed by atoms with Gasteiger partial charge in [-0.1, -0.05) is 41.4 Å². The van der Waals surface area contributed by atoms with Gasteiger partial charge in [0.1, 0.15) is 0 Å². The van der Waals surface area contributed by atoms with Crippen molar-refractivity contribution < 1.29 is 5.11 Å². The molecule has 0 radical (unpaired) electrons. The zero-order valence-electron chi connectivity index (χ0n) is 16.4. The number of pyridine rings is 1. The lowest BCUT2D eigenvalue weighted by molar-refractivity contribution is 0.180. The van der Waals surface area contributed by atoms with E-state index in [0.717, 1.165) is 41.9 Å². The van der Waals surface area contributed by atoms with Gasteiger partial charge >= 0.3 is 0 Å². The van der Waals surface area contributed by atoms with Crippen LogP contribution in [0.4, 0.5) is 0 Å². The number of aliphatic hydroxyl groups excluding tert-OH is 1. The number of rotatable bonds is 9. The second-order valence-corrected chi connectivity index (χ2v) is 7.42. The van der Waals surface area contributed by atoms with Crippen molar-refractivity contribution in [1.29, 1.82) is 0 Å². The lowest BCUT2D eigenvalue weighted by Crippen LogP contribution is -2.39. The second kappa shape index (κ2) is 13.9. The van der Waals surface area contributed by atoms with Crippen LogP contribution in [-0.2, 0) is 6.42 Å². The largest absolute Gasteiger partial charge is 0.387 e. The summed E-state index contributed by atoms with van der Waals surface area (Å²) in [5.74, 6) is 1.21. The summed E-state index contributed by atoms with van der Waals surface area (Å²) in [6.45, 7) is 6.16. The fourth-order valence-electron chi connectivity index (χ4n) is 2.79. The Morgan fingerprint density at radius 3 is 2.57 bits per heavy atom. The van der Waals surface area contributed by atoms with Crippen LogP contribution in [0.5, 0.6) is 0 Å². The Morgan fingerprint density at radius 1 is 1.18 bits per heavy atom. The minimum atomic E-state index is -0.597. The number of guanidine groups is 1. The molecule has 0 saturated carbocycles. The number of aromatic nitrogens is 1. The van der Waals surface area contributed by atoms with Crippen LogP contribution in [0.1, 0.15) is 37.5 Å². The maximum atomic E-state index is 10.3. The summed E-state index contributed by atoms with van der Waals surface area (Å²) in [4.78, 5) is 8.71. The number of hydrogen-bond donors (Lipinski definition) is 3. The summed E-state index contributed by atoms with van der Waals surface area (Å²) in [5.41, 5.74) is 2.16. The molecule has 1 heterocycles. The zero-order chi connectivity index (χ0) is 19.5. The molecule has 0 spiro atoms. The van der Waals surface area contributed by atoms with Gasteiger partial charge in [-0.05, 0) is 54.7 Å². The van der Waals surface area contributed by atoms with E-state index in [0.29, 0.717) is 12.5 Å². The number of aliphatic hydroxyl groups is 1. The van der Waals surface area contributed by atoms with Crippen molar-refractivity contribution in [2.45, 2.75) is 32.8 Å². The Morgan fingerprint density at radius 2 is 1.93 bits per heavy atom. The lowest BCUT2D eigenvalue weighted by atomic mass is 9.97. The van der Waals surface area contributed by atoms with E-state index >= 15 is 0 Å². The van der Waals surface area contributed by atoms with Crippen LogP contribution in [-0.4, -0.2) is 35.7 Å². The molecule has 0 aliphatic carbocycles. The first kappa shape index (κ1) is 24.8. The second-order valence-electron chi connectivity index (χ2n) is 6.51. The Kier molecular flexibility index (Phi) is 12.3. The van der Waals surface area contributed by atoms with E-state index in [2.05, 4.69) is 56.7 Å². The van der Waals surface area contributed by atoms with E-state index in [4.69, 9.17) is 4.99 Å². The van der Waals surface area contributed by atoms with Gasteiger partial charge in [-0.2, -0.15) is 0 Å². The number of benzene rings is 1. The molecule has 154 valence electrons. The van der Waals surface area contributed by atoms with E-state index in [1.807, 2.05) is 25.1 Å². The van der Waals surface area contributed by atoms with E-state index < -0.39 is 6.10 Å². The lowest BCUT2D eigenvalue weighted by Gasteiger charge is -2.17. The van der Waals surface area contributed by atoms with Crippen molar-refractivity contribution in [2.24, 2.45) is 10.9 Å². The van der Waals surface area contributed by atoms with Gasteiger partial charge in [0, 0.05) is 36.5 Å². The molecule has 28 heavy (non-hydrogen) atoms. The average Bonchev–Trinajstić information content (AvgIpc) is 2.69. The van der Waals surface area contributed by atoms with Gasteiger partial charge in [0.15, 0.2) is 5.96 Å². The fourth-order valence-corrected chi connectivity index (χ4v) is 3.24. The Hall–Kier alpha value is -1.19. The number of nitrogens with one attached hydrogen (secondary N) is 2. The minimum Gasteiger partial charge on any atom is -0.387 e. The number of halogens is 2. The van der Waals surface area contributed by atoms with Crippen LogP contribution >= 0.6 is 39.9 Å². The summed E-state index contributed by atoms with van der Waals surface area (Å²) in [6, 6.07) is 12.1. The Labute approximate surface area is 193 Å². The highest BCUT2D eigenvalue weighted by atomic mass is 127. The maximum Gasteiger partial charge on any atom is 0.191 e. The van der Waals surface area contributed by atoms with Gasteiger partial charge in [-0.15, -0.1) is 24.0 Å². The van der Waals surface area contributed by atoms with Gasteiger partial charge in [0.05, 0.1) is 6.10 Å². The standard InChI is InChI=1S/C21H29BrN4O.HI/c1-3-16(12-17-6-5-7-19(22)13-17)14-25-21(24-4-2)26-15-20(27)18-8-10-23-11-9-18;/h5-11,13,16,20,27H,3-4,12,14-15H2,1-2H3,(H2,24,25,26);1H. The van der Waals surface area contributed by atoms with E-state index in [1.165, 1.54) is 5.56 Å². The molecule has 0 amide bonds. The normalized spacial score (nSPS) is 13.4. The third-order valence-electron chi connectivity index (χ3n) is 4.40. The quantitative estimate of drug-likeness (QED) is 0.243. The highest BCUT2D eigenvalue weighted by molar-refractivity contribution is 14.0. The van der Waals surface area contributed by atoms with Crippen LogP contribution in [0.3, 0.4) is 0 Å². The van der Waals surface area contributed by atoms with E-state index in [1.54, 1.807) is 12.4 Å². The van der Waals surface area contributed by atoms with E-state index in [-0.39, 0.29) is 24.0 Å². The van der Waals surface area contributed by atoms with Crippen LogP contribution in [0.15, 0.2) is 58.3 Å². The van der Waals surface area contributed by atoms with Gasteiger partial charge in [0.25, 0.3) is 0 Å². The molecule has 2 atom stereocenters. The van der Waals surface area contributed by atoms with Gasteiger partial charge in [-0.25, -0.2) is 0 Å². The molecule has 3 N–H and O–H groups in total. The molecule has 1 aromatic heterocycles. The Balaban J connectivity index is 0.00000392. The molecule has 0 bridgehead atoms. The molecule has 2 aromatic rings. The van der Waals surface area contributed by atoms with Gasteiger partial charge < -0.3 is 15.7 Å². The molecule has 7 heteroatoms. The first-order valence-electron chi connectivity index (χ1n) is 9.47. The average molecular weight is 561 g/mol. The summed E-state index contributed by atoms with van der Waals surface area (Å²) in [7, 11) is 0. The molecule has 1 aromatic carbocycles. The van der Waals surface area contributed by atoms with Crippen LogP contribution < -0.4 is 10.6 Å². The molecule has 2 unspecified atom stereocenters. The molecular formula is C21H30BrIN4O. The third kappa shape index (κ3) is 8.87. The summed E-state index contributed by atoms with van der Waals surface area (Å²) < 4.78 is 1.11. The maximum absolute atomic E-state index is 10.3. The zero-order valence-corrected chi connectivity index (χ0v) is 20.4. The van der Waals surface area contributed by atoms with Crippen molar-refractivity contribution in [2.75, 3.05) is 19.6 Å². The molecule has 0 saturated heterocycles. The predicted molar refractivity (Wildman–Crippen MR) is 130 cm³/mol. The van der Waals surface area contributed by atoms with Gasteiger partial charge in [-0.3, -0.25) is 9.98 Å².